The normalized spacial score (nSPS) is 12.2. The number of rotatable bonds is 3. The van der Waals surface area contributed by atoms with Crippen LogP contribution >= 0.6 is 11.6 Å². The maximum absolute atomic E-state index is 14.1. The van der Waals surface area contributed by atoms with Gasteiger partial charge in [-0.15, -0.1) is 0 Å². The maximum atomic E-state index is 14.1. The molecule has 0 aliphatic carbocycles. The molecule has 0 aliphatic heterocycles. The largest absolute Gasteiger partial charge is 0.279 e. The zero-order chi connectivity index (χ0) is 16.5. The number of benzene rings is 2. The Morgan fingerprint density at radius 2 is 1.73 bits per heavy atom. The first-order chi connectivity index (χ1) is 10.1. The van der Waals surface area contributed by atoms with Gasteiger partial charge in [0, 0.05) is 0 Å². The Kier molecular flexibility index (Phi) is 4.49. The molecular weight excluding hydrogens is 325 g/mol. The Hall–Kier alpha value is -1.59. The van der Waals surface area contributed by atoms with Crippen molar-refractivity contribution in [3.63, 3.8) is 0 Å². The summed E-state index contributed by atoms with van der Waals surface area (Å²) in [4.78, 5) is -0.0445. The van der Waals surface area contributed by atoms with Gasteiger partial charge >= 0.3 is 0 Å². The van der Waals surface area contributed by atoms with Gasteiger partial charge in [-0.2, -0.15) is 0 Å². The lowest BCUT2D eigenvalue weighted by Crippen LogP contribution is -2.16. The Labute approximate surface area is 135 Å². The highest BCUT2D eigenvalue weighted by Crippen LogP contribution is 2.28. The Balaban J connectivity index is 2.36. The van der Waals surface area contributed by atoms with Crippen molar-refractivity contribution in [1.82, 2.24) is 0 Å². The number of sulfonamides is 1. The van der Waals surface area contributed by atoms with Gasteiger partial charge in [0.2, 0.25) is 0 Å². The van der Waals surface area contributed by atoms with E-state index in [4.69, 9.17) is 11.6 Å². The number of nitrogens with one attached hydrogen (secondary N) is 1. The second kappa shape index (κ2) is 5.89. The fraction of sp³-hybridized carbons (Fsp3) is 0.250. The highest BCUT2D eigenvalue weighted by atomic mass is 35.5. The zero-order valence-corrected chi connectivity index (χ0v) is 14.1. The van der Waals surface area contributed by atoms with E-state index in [1.54, 1.807) is 18.2 Å². The molecule has 0 unspecified atom stereocenters. The highest BCUT2D eigenvalue weighted by Gasteiger charge is 2.21. The lowest BCUT2D eigenvalue weighted by atomic mass is 9.86. The highest BCUT2D eigenvalue weighted by molar-refractivity contribution is 7.92. The molecule has 22 heavy (non-hydrogen) atoms. The molecule has 0 atom stereocenters. The van der Waals surface area contributed by atoms with Crippen LogP contribution < -0.4 is 4.72 Å². The average molecular weight is 342 g/mol. The van der Waals surface area contributed by atoms with Gasteiger partial charge in [0.05, 0.1) is 10.7 Å². The molecule has 0 spiro atoms. The lowest BCUT2D eigenvalue weighted by molar-refractivity contribution is 0.523. The van der Waals surface area contributed by atoms with Crippen molar-refractivity contribution in [2.75, 3.05) is 4.72 Å². The first-order valence-corrected chi connectivity index (χ1v) is 8.55. The van der Waals surface area contributed by atoms with Gasteiger partial charge < -0.3 is 0 Å². The van der Waals surface area contributed by atoms with Crippen molar-refractivity contribution in [2.24, 2.45) is 0 Å². The molecule has 0 aliphatic rings. The first-order valence-electron chi connectivity index (χ1n) is 6.68. The van der Waals surface area contributed by atoms with Crippen LogP contribution in [0.1, 0.15) is 26.3 Å². The minimum atomic E-state index is -3.86. The number of anilines is 1. The fourth-order valence-corrected chi connectivity index (χ4v) is 3.63. The van der Waals surface area contributed by atoms with E-state index < -0.39 is 15.8 Å². The summed E-state index contributed by atoms with van der Waals surface area (Å²) in [7, 11) is -3.86. The van der Waals surface area contributed by atoms with Crippen molar-refractivity contribution in [3.8, 4) is 0 Å². The van der Waals surface area contributed by atoms with E-state index in [1.807, 2.05) is 20.8 Å². The van der Waals surface area contributed by atoms with Gasteiger partial charge in [0.1, 0.15) is 10.7 Å². The van der Waals surface area contributed by atoms with Gasteiger partial charge in [-0.05, 0) is 35.2 Å². The van der Waals surface area contributed by atoms with Gasteiger partial charge in [-0.3, -0.25) is 4.72 Å². The fourth-order valence-electron chi connectivity index (χ4n) is 2.06. The van der Waals surface area contributed by atoms with Crippen LogP contribution in [0.2, 0.25) is 5.02 Å². The summed E-state index contributed by atoms with van der Waals surface area (Å²) in [5.41, 5.74) is 0.322. The molecule has 118 valence electrons. The van der Waals surface area contributed by atoms with Gasteiger partial charge in [-0.25, -0.2) is 12.8 Å². The standard InChI is InChI=1S/C16H17ClFNO2S/c1-16(2,3)12-9-8-11(10-14(12)18)19-22(20,21)15-7-5-4-6-13(15)17/h4-10,19H,1-3H3. The van der Waals surface area contributed by atoms with E-state index in [1.165, 1.54) is 24.3 Å². The molecule has 0 heterocycles. The topological polar surface area (TPSA) is 46.2 Å². The van der Waals surface area contributed by atoms with Crippen LogP contribution in [0.5, 0.6) is 0 Å². The predicted octanol–water partition coefficient (Wildman–Crippen LogP) is 4.58. The van der Waals surface area contributed by atoms with E-state index in [2.05, 4.69) is 4.72 Å². The average Bonchev–Trinajstić information content (AvgIpc) is 2.36. The molecule has 0 saturated heterocycles. The van der Waals surface area contributed by atoms with Crippen LogP contribution in [0.25, 0.3) is 0 Å². The summed E-state index contributed by atoms with van der Waals surface area (Å²) in [5, 5.41) is 0.113. The minimum Gasteiger partial charge on any atom is -0.279 e. The third kappa shape index (κ3) is 3.59. The molecule has 2 aromatic carbocycles. The van der Waals surface area contributed by atoms with Crippen LogP contribution in [0.4, 0.5) is 10.1 Å². The lowest BCUT2D eigenvalue weighted by Gasteiger charge is -2.20. The Bertz CT molecular complexity index is 798. The summed E-state index contributed by atoms with van der Waals surface area (Å²) in [5.74, 6) is -0.452. The van der Waals surface area contributed by atoms with Crippen LogP contribution in [0.3, 0.4) is 0 Å². The van der Waals surface area contributed by atoms with Crippen molar-refractivity contribution in [3.05, 3.63) is 58.9 Å². The smallest absolute Gasteiger partial charge is 0.263 e. The van der Waals surface area contributed by atoms with E-state index in [0.29, 0.717) is 5.56 Å². The van der Waals surface area contributed by atoms with E-state index in [-0.39, 0.29) is 21.0 Å². The molecule has 0 aromatic heterocycles. The van der Waals surface area contributed by atoms with Crippen molar-refractivity contribution in [1.29, 1.82) is 0 Å². The molecule has 0 bridgehead atoms. The SMILES string of the molecule is CC(C)(C)c1ccc(NS(=O)(=O)c2ccccc2Cl)cc1F. The quantitative estimate of drug-likeness (QED) is 0.888. The van der Waals surface area contributed by atoms with Gasteiger partial charge in [0.25, 0.3) is 10.0 Å². The number of hydrogen-bond acceptors (Lipinski definition) is 2. The van der Waals surface area contributed by atoms with Crippen molar-refractivity contribution < 1.29 is 12.8 Å². The van der Waals surface area contributed by atoms with Crippen LogP contribution in [-0.4, -0.2) is 8.42 Å². The predicted molar refractivity (Wildman–Crippen MR) is 87.4 cm³/mol. The first kappa shape index (κ1) is 16.8. The van der Waals surface area contributed by atoms with E-state index in [0.717, 1.165) is 0 Å². The zero-order valence-electron chi connectivity index (χ0n) is 12.5. The van der Waals surface area contributed by atoms with Crippen LogP contribution in [0, 0.1) is 5.82 Å². The minimum absolute atomic E-state index is 0.0445. The summed E-state index contributed by atoms with van der Waals surface area (Å²) >= 11 is 5.90. The molecule has 0 radical (unpaired) electrons. The second-order valence-electron chi connectivity index (χ2n) is 5.98. The molecule has 3 nitrogen and oxygen atoms in total. The molecule has 0 fully saturated rings. The summed E-state index contributed by atoms with van der Waals surface area (Å²) in [6.07, 6.45) is 0. The summed E-state index contributed by atoms with van der Waals surface area (Å²) in [6, 6.07) is 10.4. The Morgan fingerprint density at radius 3 is 2.27 bits per heavy atom. The van der Waals surface area contributed by atoms with Crippen LogP contribution in [-0.2, 0) is 15.4 Å². The molecule has 0 saturated carbocycles. The molecule has 2 aromatic rings. The monoisotopic (exact) mass is 341 g/mol. The van der Waals surface area contributed by atoms with E-state index >= 15 is 0 Å². The third-order valence-corrected chi connectivity index (χ3v) is 5.04. The molecule has 6 heteroatoms. The van der Waals surface area contributed by atoms with Crippen molar-refractivity contribution in [2.45, 2.75) is 31.1 Å². The second-order valence-corrected chi connectivity index (χ2v) is 8.04. The summed E-state index contributed by atoms with van der Waals surface area (Å²) in [6.45, 7) is 5.66. The van der Waals surface area contributed by atoms with Gasteiger partial charge in [-0.1, -0.05) is 50.6 Å². The third-order valence-electron chi connectivity index (χ3n) is 3.16. The number of halogens is 2. The van der Waals surface area contributed by atoms with Crippen molar-refractivity contribution >= 4 is 27.3 Å². The summed E-state index contributed by atoms with van der Waals surface area (Å²) < 4.78 is 41.1. The Morgan fingerprint density at radius 1 is 1.09 bits per heavy atom. The van der Waals surface area contributed by atoms with E-state index in [9.17, 15) is 12.8 Å². The van der Waals surface area contributed by atoms with Gasteiger partial charge in [0.15, 0.2) is 0 Å². The van der Waals surface area contributed by atoms with Crippen LogP contribution in [0.15, 0.2) is 47.4 Å². The maximum Gasteiger partial charge on any atom is 0.263 e. The molecule has 1 N–H and O–H groups in total. The molecule has 0 amide bonds. The molecule has 2 rings (SSSR count). The molecular formula is C16H17ClFNO2S. The number of hydrogen-bond donors (Lipinski definition) is 1.